The highest BCUT2D eigenvalue weighted by Crippen LogP contribution is 2.32. The first-order valence-corrected chi connectivity index (χ1v) is 5.28. The summed E-state index contributed by atoms with van der Waals surface area (Å²) in [6, 6.07) is 7.63. The van der Waals surface area contributed by atoms with Gasteiger partial charge in [-0.3, -0.25) is 0 Å². The zero-order valence-corrected chi connectivity index (χ0v) is 8.70. The van der Waals surface area contributed by atoms with Crippen molar-refractivity contribution in [3.05, 3.63) is 29.3 Å². The van der Waals surface area contributed by atoms with E-state index < -0.39 is 0 Å². The van der Waals surface area contributed by atoms with Crippen LogP contribution in [0.15, 0.2) is 24.3 Å². The molecule has 0 radical (unpaired) electrons. The minimum Gasteiger partial charge on any atom is -0.490 e. The van der Waals surface area contributed by atoms with E-state index >= 15 is 0 Å². The van der Waals surface area contributed by atoms with Crippen molar-refractivity contribution in [3.8, 4) is 5.75 Å². The maximum absolute atomic E-state index is 5.94. The van der Waals surface area contributed by atoms with Gasteiger partial charge in [-0.2, -0.15) is 0 Å². The molecule has 0 aromatic heterocycles. The third-order valence-electron chi connectivity index (χ3n) is 2.50. The molecule has 3 heteroatoms. The Morgan fingerprint density at radius 2 is 2.14 bits per heavy atom. The van der Waals surface area contributed by atoms with Crippen molar-refractivity contribution < 1.29 is 4.74 Å². The van der Waals surface area contributed by atoms with Gasteiger partial charge >= 0.3 is 0 Å². The van der Waals surface area contributed by atoms with Crippen LogP contribution in [-0.2, 0) is 0 Å². The molecule has 0 spiro atoms. The van der Waals surface area contributed by atoms with Gasteiger partial charge in [-0.1, -0.05) is 23.7 Å². The zero-order chi connectivity index (χ0) is 9.97. The topological polar surface area (TPSA) is 35.2 Å². The lowest BCUT2D eigenvalue weighted by atomic mass is 10.2. The lowest BCUT2D eigenvalue weighted by molar-refractivity contribution is 0.276. The third-order valence-corrected chi connectivity index (χ3v) is 2.81. The van der Waals surface area contributed by atoms with Gasteiger partial charge in [0.15, 0.2) is 0 Å². The Kier molecular flexibility index (Phi) is 2.94. The summed E-state index contributed by atoms with van der Waals surface area (Å²) >= 11 is 5.94. The van der Waals surface area contributed by atoms with E-state index in [4.69, 9.17) is 22.1 Å². The Morgan fingerprint density at radius 1 is 1.43 bits per heavy atom. The summed E-state index contributed by atoms with van der Waals surface area (Å²) in [6.07, 6.45) is 2.49. The summed E-state index contributed by atoms with van der Waals surface area (Å²) in [7, 11) is 0. The summed E-state index contributed by atoms with van der Waals surface area (Å²) < 4.78 is 5.54. The molecule has 0 saturated heterocycles. The minimum atomic E-state index is 0.159. The second kappa shape index (κ2) is 4.20. The monoisotopic (exact) mass is 211 g/mol. The van der Waals surface area contributed by atoms with E-state index in [2.05, 4.69) is 0 Å². The van der Waals surface area contributed by atoms with Crippen LogP contribution < -0.4 is 10.5 Å². The highest BCUT2D eigenvalue weighted by Gasteiger charge is 2.28. The molecule has 1 aliphatic carbocycles. The number of para-hydroxylation sites is 1. The summed E-state index contributed by atoms with van der Waals surface area (Å²) in [5.74, 6) is 1.39. The maximum Gasteiger partial charge on any atom is 0.137 e. The van der Waals surface area contributed by atoms with E-state index in [1.54, 1.807) is 0 Å². The molecular weight excluding hydrogens is 198 g/mol. The molecule has 2 N–H and O–H groups in total. The molecule has 1 saturated carbocycles. The van der Waals surface area contributed by atoms with E-state index in [0.29, 0.717) is 17.5 Å². The quantitative estimate of drug-likeness (QED) is 0.831. The molecule has 2 nitrogen and oxygen atoms in total. The fourth-order valence-corrected chi connectivity index (χ4v) is 1.60. The SMILES string of the molecule is NC(COc1ccccc1Cl)C1CC1. The van der Waals surface area contributed by atoms with Crippen LogP contribution in [0.3, 0.4) is 0 Å². The average Bonchev–Trinajstić information content (AvgIpc) is 2.99. The van der Waals surface area contributed by atoms with Crippen molar-refractivity contribution in [3.63, 3.8) is 0 Å². The van der Waals surface area contributed by atoms with Crippen molar-refractivity contribution in [2.75, 3.05) is 6.61 Å². The van der Waals surface area contributed by atoms with Crippen LogP contribution in [0, 0.1) is 5.92 Å². The van der Waals surface area contributed by atoms with Crippen molar-refractivity contribution in [1.82, 2.24) is 0 Å². The first-order valence-electron chi connectivity index (χ1n) is 4.90. The number of ether oxygens (including phenoxy) is 1. The lowest BCUT2D eigenvalue weighted by Gasteiger charge is -2.12. The van der Waals surface area contributed by atoms with Crippen LogP contribution in [0.2, 0.25) is 5.02 Å². The summed E-state index contributed by atoms with van der Waals surface area (Å²) in [5, 5.41) is 0.649. The fraction of sp³-hybridized carbons (Fsp3) is 0.455. The summed E-state index contributed by atoms with van der Waals surface area (Å²) in [6.45, 7) is 0.564. The summed E-state index contributed by atoms with van der Waals surface area (Å²) in [4.78, 5) is 0. The highest BCUT2D eigenvalue weighted by molar-refractivity contribution is 6.32. The van der Waals surface area contributed by atoms with Crippen LogP contribution in [0.4, 0.5) is 0 Å². The largest absolute Gasteiger partial charge is 0.490 e. The predicted octanol–water partition coefficient (Wildman–Crippen LogP) is 2.46. The Hall–Kier alpha value is -0.730. The molecule has 0 heterocycles. The number of nitrogens with two attached hydrogens (primary N) is 1. The standard InChI is InChI=1S/C11H14ClNO/c12-9-3-1-2-4-11(9)14-7-10(13)8-5-6-8/h1-4,8,10H,5-7,13H2. The van der Waals surface area contributed by atoms with Crippen LogP contribution in [0.1, 0.15) is 12.8 Å². The first-order chi connectivity index (χ1) is 6.77. The van der Waals surface area contributed by atoms with Gasteiger partial charge in [0.05, 0.1) is 5.02 Å². The molecule has 1 unspecified atom stereocenters. The van der Waals surface area contributed by atoms with Gasteiger partial charge in [0.25, 0.3) is 0 Å². The predicted molar refractivity (Wildman–Crippen MR) is 57.6 cm³/mol. The van der Waals surface area contributed by atoms with E-state index in [-0.39, 0.29) is 6.04 Å². The number of halogens is 1. The van der Waals surface area contributed by atoms with Gasteiger partial charge in [-0.15, -0.1) is 0 Å². The van der Waals surface area contributed by atoms with Gasteiger partial charge in [-0.05, 0) is 30.9 Å². The number of benzene rings is 1. The lowest BCUT2D eigenvalue weighted by Crippen LogP contribution is -2.29. The van der Waals surface area contributed by atoms with Crippen molar-refractivity contribution in [2.24, 2.45) is 11.7 Å². The summed E-state index contributed by atoms with van der Waals surface area (Å²) in [5.41, 5.74) is 5.91. The van der Waals surface area contributed by atoms with E-state index in [0.717, 1.165) is 5.75 Å². The maximum atomic E-state index is 5.94. The number of hydrogen-bond acceptors (Lipinski definition) is 2. The third kappa shape index (κ3) is 2.40. The molecule has 1 fully saturated rings. The van der Waals surface area contributed by atoms with Crippen molar-refractivity contribution >= 4 is 11.6 Å². The Bertz CT molecular complexity index is 312. The van der Waals surface area contributed by atoms with Gasteiger partial charge in [0.2, 0.25) is 0 Å². The Morgan fingerprint density at radius 3 is 2.79 bits per heavy atom. The molecule has 0 bridgehead atoms. The minimum absolute atomic E-state index is 0.159. The van der Waals surface area contributed by atoms with Crippen LogP contribution in [0.5, 0.6) is 5.75 Å². The van der Waals surface area contributed by atoms with Crippen LogP contribution in [0.25, 0.3) is 0 Å². The van der Waals surface area contributed by atoms with E-state index in [1.165, 1.54) is 12.8 Å². The van der Waals surface area contributed by atoms with Gasteiger partial charge in [0, 0.05) is 6.04 Å². The molecule has 14 heavy (non-hydrogen) atoms. The average molecular weight is 212 g/mol. The van der Waals surface area contributed by atoms with E-state index in [1.807, 2.05) is 24.3 Å². The van der Waals surface area contributed by atoms with E-state index in [9.17, 15) is 0 Å². The van der Waals surface area contributed by atoms with Gasteiger partial charge in [0.1, 0.15) is 12.4 Å². The van der Waals surface area contributed by atoms with Crippen LogP contribution in [-0.4, -0.2) is 12.6 Å². The molecular formula is C11H14ClNO. The van der Waals surface area contributed by atoms with Crippen molar-refractivity contribution in [2.45, 2.75) is 18.9 Å². The molecule has 1 aromatic carbocycles. The highest BCUT2D eigenvalue weighted by atomic mass is 35.5. The Labute approximate surface area is 89.0 Å². The van der Waals surface area contributed by atoms with Gasteiger partial charge < -0.3 is 10.5 Å². The molecule has 0 amide bonds. The zero-order valence-electron chi connectivity index (χ0n) is 7.95. The Balaban J connectivity index is 1.87. The molecule has 0 aliphatic heterocycles. The molecule has 2 rings (SSSR count). The number of hydrogen-bond donors (Lipinski definition) is 1. The van der Waals surface area contributed by atoms with Crippen LogP contribution >= 0.6 is 11.6 Å². The first kappa shape index (κ1) is 9.81. The molecule has 1 aliphatic rings. The fourth-order valence-electron chi connectivity index (χ4n) is 1.41. The normalized spacial score (nSPS) is 17.9. The molecule has 76 valence electrons. The second-order valence-electron chi connectivity index (χ2n) is 3.74. The molecule has 1 atom stereocenters. The smallest absolute Gasteiger partial charge is 0.137 e. The molecule has 1 aromatic rings. The van der Waals surface area contributed by atoms with Crippen molar-refractivity contribution in [1.29, 1.82) is 0 Å². The number of rotatable bonds is 4. The second-order valence-corrected chi connectivity index (χ2v) is 4.15. The van der Waals surface area contributed by atoms with Gasteiger partial charge in [-0.25, -0.2) is 0 Å².